The fourth-order valence-electron chi connectivity index (χ4n) is 2.13. The molecule has 0 atom stereocenters. The molecule has 2 N–H and O–H groups in total. The molecule has 3 heteroatoms. The van der Waals surface area contributed by atoms with Crippen LogP contribution in [0.15, 0.2) is 17.7 Å². The number of aryl methyl sites for hydroxylation is 3. The predicted octanol–water partition coefficient (Wildman–Crippen LogP) is 2.77. The van der Waals surface area contributed by atoms with Crippen LogP contribution < -0.4 is 5.73 Å². The number of nitrogens with zero attached hydrogens (tertiary/aromatic N) is 1. The van der Waals surface area contributed by atoms with Crippen molar-refractivity contribution < 1.29 is 4.79 Å². The standard InChI is InChI=1S/C16H20N2O/c1-4-11-7-12(5-2)15(13(6-3)8-11)9-14(10-17)16(18)19/h7-9H,4-6H2,1-3H3,(H2,18,19). The monoisotopic (exact) mass is 256 g/mol. The molecule has 0 saturated carbocycles. The Morgan fingerprint density at radius 1 is 1.21 bits per heavy atom. The van der Waals surface area contributed by atoms with Crippen LogP contribution in [0.25, 0.3) is 6.08 Å². The third-order valence-electron chi connectivity index (χ3n) is 3.26. The summed E-state index contributed by atoms with van der Waals surface area (Å²) in [5, 5.41) is 8.97. The van der Waals surface area contributed by atoms with Crippen molar-refractivity contribution in [2.75, 3.05) is 0 Å². The maximum Gasteiger partial charge on any atom is 0.259 e. The lowest BCUT2D eigenvalue weighted by atomic mass is 9.92. The molecule has 3 nitrogen and oxygen atoms in total. The number of carbonyl (C=O) groups excluding carboxylic acids is 1. The molecule has 1 amide bonds. The largest absolute Gasteiger partial charge is 0.365 e. The van der Waals surface area contributed by atoms with Crippen LogP contribution in [0.4, 0.5) is 0 Å². The molecule has 0 fully saturated rings. The molecule has 1 rings (SSSR count). The Labute approximate surface area is 114 Å². The molecule has 0 saturated heterocycles. The first-order chi connectivity index (χ1) is 9.07. The normalized spacial score (nSPS) is 11.2. The van der Waals surface area contributed by atoms with Crippen LogP contribution >= 0.6 is 0 Å². The summed E-state index contributed by atoms with van der Waals surface area (Å²) in [6.45, 7) is 6.26. The zero-order valence-electron chi connectivity index (χ0n) is 11.8. The van der Waals surface area contributed by atoms with Gasteiger partial charge in [0, 0.05) is 0 Å². The average molecular weight is 256 g/mol. The molecule has 0 aliphatic rings. The van der Waals surface area contributed by atoms with E-state index in [1.165, 1.54) is 5.56 Å². The van der Waals surface area contributed by atoms with E-state index in [-0.39, 0.29) is 5.57 Å². The summed E-state index contributed by atoms with van der Waals surface area (Å²) in [5.74, 6) is -0.675. The zero-order chi connectivity index (χ0) is 14.4. The predicted molar refractivity (Wildman–Crippen MR) is 77.4 cm³/mol. The van der Waals surface area contributed by atoms with Gasteiger partial charge in [-0.2, -0.15) is 5.26 Å². The van der Waals surface area contributed by atoms with Crippen LogP contribution in [0, 0.1) is 11.3 Å². The maximum atomic E-state index is 11.2. The minimum Gasteiger partial charge on any atom is -0.365 e. The number of carbonyl (C=O) groups is 1. The highest BCUT2D eigenvalue weighted by Crippen LogP contribution is 2.22. The fourth-order valence-corrected chi connectivity index (χ4v) is 2.13. The first-order valence-corrected chi connectivity index (χ1v) is 6.63. The summed E-state index contributed by atoms with van der Waals surface area (Å²) in [5.41, 5.74) is 9.78. The minimum atomic E-state index is -0.675. The molecule has 1 aromatic rings. The lowest BCUT2D eigenvalue weighted by Crippen LogP contribution is -2.13. The number of benzene rings is 1. The van der Waals surface area contributed by atoms with Gasteiger partial charge < -0.3 is 5.73 Å². The summed E-state index contributed by atoms with van der Waals surface area (Å²) >= 11 is 0. The van der Waals surface area contributed by atoms with E-state index in [0.717, 1.165) is 36.0 Å². The van der Waals surface area contributed by atoms with E-state index in [4.69, 9.17) is 11.0 Å². The number of rotatable bonds is 5. The number of amides is 1. The van der Waals surface area contributed by atoms with E-state index in [0.29, 0.717) is 0 Å². The Morgan fingerprint density at radius 2 is 1.74 bits per heavy atom. The lowest BCUT2D eigenvalue weighted by Gasteiger charge is -2.12. The average Bonchev–Trinajstić information content (AvgIpc) is 2.43. The highest BCUT2D eigenvalue weighted by atomic mass is 16.1. The van der Waals surface area contributed by atoms with Crippen LogP contribution in [0.5, 0.6) is 0 Å². The van der Waals surface area contributed by atoms with Gasteiger partial charge >= 0.3 is 0 Å². The molecule has 0 aliphatic carbocycles. The quantitative estimate of drug-likeness (QED) is 0.650. The van der Waals surface area contributed by atoms with Crippen LogP contribution in [-0.2, 0) is 24.1 Å². The molecule has 0 radical (unpaired) electrons. The van der Waals surface area contributed by atoms with Crippen molar-refractivity contribution in [1.29, 1.82) is 5.26 Å². The highest BCUT2D eigenvalue weighted by Gasteiger charge is 2.10. The summed E-state index contributed by atoms with van der Waals surface area (Å²) in [6, 6.07) is 6.15. The Kier molecular flexibility index (Phi) is 5.32. The van der Waals surface area contributed by atoms with E-state index in [9.17, 15) is 4.79 Å². The van der Waals surface area contributed by atoms with E-state index in [2.05, 4.69) is 32.9 Å². The summed E-state index contributed by atoms with van der Waals surface area (Å²) in [6.07, 6.45) is 4.33. The molecule has 0 unspecified atom stereocenters. The van der Waals surface area contributed by atoms with E-state index in [1.54, 1.807) is 6.08 Å². The second-order valence-corrected chi connectivity index (χ2v) is 4.42. The summed E-state index contributed by atoms with van der Waals surface area (Å²) in [7, 11) is 0. The lowest BCUT2D eigenvalue weighted by molar-refractivity contribution is -0.114. The van der Waals surface area contributed by atoms with Gasteiger partial charge in [-0.3, -0.25) is 4.79 Å². The Balaban J connectivity index is 3.49. The second-order valence-electron chi connectivity index (χ2n) is 4.42. The smallest absolute Gasteiger partial charge is 0.259 e. The van der Waals surface area contributed by atoms with Crippen molar-refractivity contribution in [2.45, 2.75) is 40.0 Å². The zero-order valence-corrected chi connectivity index (χ0v) is 11.8. The number of primary amides is 1. The Bertz CT molecular complexity index is 525. The highest BCUT2D eigenvalue weighted by molar-refractivity contribution is 6.00. The van der Waals surface area contributed by atoms with E-state index in [1.807, 2.05) is 6.07 Å². The molecular weight excluding hydrogens is 236 g/mol. The number of hydrogen-bond acceptors (Lipinski definition) is 2. The van der Waals surface area contributed by atoms with Crippen LogP contribution in [0.1, 0.15) is 43.0 Å². The van der Waals surface area contributed by atoms with Crippen LogP contribution in [-0.4, -0.2) is 5.91 Å². The van der Waals surface area contributed by atoms with Crippen molar-refractivity contribution in [3.63, 3.8) is 0 Å². The summed E-state index contributed by atoms with van der Waals surface area (Å²) < 4.78 is 0. The summed E-state index contributed by atoms with van der Waals surface area (Å²) in [4.78, 5) is 11.2. The number of nitriles is 1. The van der Waals surface area contributed by atoms with Crippen LogP contribution in [0.2, 0.25) is 0 Å². The van der Waals surface area contributed by atoms with E-state index >= 15 is 0 Å². The molecule has 1 aromatic carbocycles. The van der Waals surface area contributed by atoms with Gasteiger partial charge in [0.2, 0.25) is 0 Å². The molecule has 0 heterocycles. The molecule has 0 spiro atoms. The Morgan fingerprint density at radius 3 is 2.05 bits per heavy atom. The topological polar surface area (TPSA) is 66.9 Å². The molecule has 0 aromatic heterocycles. The van der Waals surface area contributed by atoms with Crippen LogP contribution in [0.3, 0.4) is 0 Å². The van der Waals surface area contributed by atoms with Crippen molar-refractivity contribution in [3.8, 4) is 6.07 Å². The SMILES string of the molecule is CCc1cc(CC)c(C=C(C#N)C(N)=O)c(CC)c1. The third-order valence-corrected chi connectivity index (χ3v) is 3.26. The van der Waals surface area contributed by atoms with Gasteiger partial charge in [-0.25, -0.2) is 0 Å². The first kappa shape index (κ1) is 15.0. The molecule has 0 bridgehead atoms. The maximum absolute atomic E-state index is 11.2. The number of hydrogen-bond donors (Lipinski definition) is 1. The third kappa shape index (κ3) is 3.45. The van der Waals surface area contributed by atoms with Crippen molar-refractivity contribution >= 4 is 12.0 Å². The molecular formula is C16H20N2O. The second kappa shape index (κ2) is 6.75. The van der Waals surface area contributed by atoms with Gasteiger partial charge in [0.15, 0.2) is 0 Å². The molecule has 19 heavy (non-hydrogen) atoms. The van der Waals surface area contributed by atoms with Crippen molar-refractivity contribution in [1.82, 2.24) is 0 Å². The van der Waals surface area contributed by atoms with Gasteiger partial charge in [0.25, 0.3) is 5.91 Å². The van der Waals surface area contributed by atoms with Gasteiger partial charge in [-0.05, 0) is 47.6 Å². The minimum absolute atomic E-state index is 0.00801. The fraction of sp³-hybridized carbons (Fsp3) is 0.375. The molecule has 100 valence electrons. The Hall–Kier alpha value is -2.08. The molecule has 0 aliphatic heterocycles. The van der Waals surface area contributed by atoms with Crippen molar-refractivity contribution in [3.05, 3.63) is 40.0 Å². The number of nitrogens with two attached hydrogens (primary N) is 1. The first-order valence-electron chi connectivity index (χ1n) is 6.63. The van der Waals surface area contributed by atoms with Gasteiger partial charge in [-0.15, -0.1) is 0 Å². The van der Waals surface area contributed by atoms with E-state index < -0.39 is 5.91 Å². The van der Waals surface area contributed by atoms with Gasteiger partial charge in [0.1, 0.15) is 11.6 Å². The van der Waals surface area contributed by atoms with Crippen molar-refractivity contribution in [2.24, 2.45) is 5.73 Å². The van der Waals surface area contributed by atoms with Gasteiger partial charge in [-0.1, -0.05) is 32.9 Å². The van der Waals surface area contributed by atoms with Gasteiger partial charge in [0.05, 0.1) is 0 Å².